The van der Waals surface area contributed by atoms with Gasteiger partial charge < -0.3 is 10.4 Å². The highest BCUT2D eigenvalue weighted by Crippen LogP contribution is 2.22. The molecular formula is C13H15FN2O3. The molecule has 1 saturated heterocycles. The van der Waals surface area contributed by atoms with Gasteiger partial charge >= 0.3 is 6.03 Å². The van der Waals surface area contributed by atoms with Gasteiger partial charge in [-0.25, -0.2) is 9.18 Å². The lowest BCUT2D eigenvalue weighted by Crippen LogP contribution is -2.40. The molecule has 102 valence electrons. The number of rotatable bonds is 3. The van der Waals surface area contributed by atoms with Gasteiger partial charge in [-0.05, 0) is 19.9 Å². The van der Waals surface area contributed by atoms with Crippen molar-refractivity contribution in [2.45, 2.75) is 25.5 Å². The van der Waals surface area contributed by atoms with E-state index >= 15 is 0 Å². The second-order valence-electron chi connectivity index (χ2n) is 5.01. The zero-order chi connectivity index (χ0) is 14.2. The molecule has 0 aliphatic carbocycles. The molecule has 1 atom stereocenters. The number of benzene rings is 1. The fourth-order valence-corrected chi connectivity index (χ4v) is 2.00. The maximum atomic E-state index is 13.5. The molecular weight excluding hydrogens is 251 g/mol. The van der Waals surface area contributed by atoms with Gasteiger partial charge in [0.1, 0.15) is 11.4 Å². The molecule has 1 aliphatic heterocycles. The third kappa shape index (κ3) is 2.44. The van der Waals surface area contributed by atoms with Crippen molar-refractivity contribution in [1.29, 1.82) is 0 Å². The average Bonchev–Trinajstić information content (AvgIpc) is 2.52. The second-order valence-corrected chi connectivity index (χ2v) is 5.01. The molecule has 0 aromatic heterocycles. The van der Waals surface area contributed by atoms with Crippen LogP contribution in [0.15, 0.2) is 24.3 Å². The predicted octanol–water partition coefficient (Wildman–Crippen LogP) is 1.19. The normalized spacial score (nSPS) is 19.5. The lowest BCUT2D eigenvalue weighted by Gasteiger charge is -2.19. The van der Waals surface area contributed by atoms with E-state index in [4.69, 9.17) is 0 Å². The van der Waals surface area contributed by atoms with Crippen LogP contribution in [0.25, 0.3) is 0 Å². The van der Waals surface area contributed by atoms with Crippen LogP contribution < -0.4 is 5.32 Å². The molecule has 0 unspecified atom stereocenters. The van der Waals surface area contributed by atoms with Crippen LogP contribution in [0.5, 0.6) is 0 Å². The van der Waals surface area contributed by atoms with E-state index < -0.39 is 29.4 Å². The number of aliphatic hydroxyl groups excluding tert-OH is 1. The molecule has 2 N–H and O–H groups in total. The largest absolute Gasteiger partial charge is 0.386 e. The Morgan fingerprint density at radius 2 is 2.00 bits per heavy atom. The van der Waals surface area contributed by atoms with Crippen LogP contribution in [0, 0.1) is 5.82 Å². The Kier molecular flexibility index (Phi) is 3.28. The lowest BCUT2D eigenvalue weighted by molar-refractivity contribution is -0.131. The minimum Gasteiger partial charge on any atom is -0.386 e. The summed E-state index contributed by atoms with van der Waals surface area (Å²) in [6.45, 7) is 2.88. The monoisotopic (exact) mass is 266 g/mol. The maximum absolute atomic E-state index is 13.5. The number of aliphatic hydroxyl groups is 1. The molecule has 19 heavy (non-hydrogen) atoms. The molecule has 1 aromatic rings. The first-order chi connectivity index (χ1) is 8.83. The summed E-state index contributed by atoms with van der Waals surface area (Å²) in [6, 6.07) is 5.14. The number of β-amino-alcohol motifs (C(OH)–C–C–N with tert-alkyl or cyclic N) is 1. The van der Waals surface area contributed by atoms with E-state index in [-0.39, 0.29) is 12.1 Å². The number of nitrogens with one attached hydrogen (secondary N) is 1. The minimum atomic E-state index is -1.25. The summed E-state index contributed by atoms with van der Waals surface area (Å²) in [5.74, 6) is -1.01. The first kappa shape index (κ1) is 13.5. The standard InChI is InChI=1S/C13H15FN2O3/c1-13(2)11(18)16(12(19)15-13)7-10(17)8-5-3-4-6-9(8)14/h3-6,10,17H,7H2,1-2H3,(H,15,19)/t10-/m1/s1. The van der Waals surface area contributed by atoms with Crippen LogP contribution in [0.4, 0.5) is 9.18 Å². The van der Waals surface area contributed by atoms with E-state index in [1.165, 1.54) is 18.2 Å². The molecule has 1 heterocycles. The van der Waals surface area contributed by atoms with Gasteiger partial charge in [-0.2, -0.15) is 0 Å². The number of urea groups is 1. The molecule has 2 rings (SSSR count). The van der Waals surface area contributed by atoms with Crippen LogP contribution in [0.1, 0.15) is 25.5 Å². The van der Waals surface area contributed by atoms with Crippen molar-refractivity contribution in [2.75, 3.05) is 6.54 Å². The number of amides is 3. The molecule has 3 amide bonds. The summed E-state index contributed by atoms with van der Waals surface area (Å²) < 4.78 is 13.5. The molecule has 1 aromatic carbocycles. The molecule has 1 fully saturated rings. The predicted molar refractivity (Wildman–Crippen MR) is 65.7 cm³/mol. The van der Waals surface area contributed by atoms with Crippen molar-refractivity contribution in [3.8, 4) is 0 Å². The van der Waals surface area contributed by atoms with Gasteiger partial charge in [0.25, 0.3) is 5.91 Å². The Hall–Kier alpha value is -1.95. The van der Waals surface area contributed by atoms with Gasteiger partial charge in [-0.1, -0.05) is 18.2 Å². The molecule has 1 aliphatic rings. The number of carbonyl (C=O) groups excluding carboxylic acids is 2. The molecule has 0 radical (unpaired) electrons. The highest BCUT2D eigenvalue weighted by Gasteiger charge is 2.44. The molecule has 0 spiro atoms. The number of imide groups is 1. The van der Waals surface area contributed by atoms with Gasteiger partial charge in [-0.15, -0.1) is 0 Å². The number of halogens is 1. The lowest BCUT2D eigenvalue weighted by atomic mass is 10.1. The third-order valence-corrected chi connectivity index (χ3v) is 3.06. The summed E-state index contributed by atoms with van der Waals surface area (Å²) in [6.07, 6.45) is -1.25. The van der Waals surface area contributed by atoms with Crippen LogP contribution in [-0.2, 0) is 4.79 Å². The Bertz CT molecular complexity index is 530. The molecule has 5 nitrogen and oxygen atoms in total. The number of hydrogen-bond acceptors (Lipinski definition) is 3. The van der Waals surface area contributed by atoms with Gasteiger partial charge in [0, 0.05) is 5.56 Å². The van der Waals surface area contributed by atoms with E-state index in [9.17, 15) is 19.1 Å². The fraction of sp³-hybridized carbons (Fsp3) is 0.385. The van der Waals surface area contributed by atoms with Gasteiger partial charge in [0.05, 0.1) is 12.6 Å². The zero-order valence-corrected chi connectivity index (χ0v) is 10.7. The Morgan fingerprint density at radius 1 is 1.37 bits per heavy atom. The summed E-state index contributed by atoms with van der Waals surface area (Å²) in [4.78, 5) is 24.5. The van der Waals surface area contributed by atoms with Crippen LogP contribution in [-0.4, -0.2) is 34.0 Å². The van der Waals surface area contributed by atoms with Crippen molar-refractivity contribution in [3.63, 3.8) is 0 Å². The van der Waals surface area contributed by atoms with Crippen molar-refractivity contribution < 1.29 is 19.1 Å². The quantitative estimate of drug-likeness (QED) is 0.807. The van der Waals surface area contributed by atoms with Crippen LogP contribution >= 0.6 is 0 Å². The minimum absolute atomic E-state index is 0.0628. The van der Waals surface area contributed by atoms with Crippen molar-refractivity contribution in [2.24, 2.45) is 0 Å². The van der Waals surface area contributed by atoms with Crippen molar-refractivity contribution in [3.05, 3.63) is 35.6 Å². The smallest absolute Gasteiger partial charge is 0.325 e. The number of hydrogen-bond donors (Lipinski definition) is 2. The maximum Gasteiger partial charge on any atom is 0.325 e. The van der Waals surface area contributed by atoms with Crippen LogP contribution in [0.2, 0.25) is 0 Å². The van der Waals surface area contributed by atoms with Crippen LogP contribution in [0.3, 0.4) is 0 Å². The average molecular weight is 266 g/mol. The van der Waals surface area contributed by atoms with Crippen molar-refractivity contribution in [1.82, 2.24) is 10.2 Å². The topological polar surface area (TPSA) is 69.6 Å². The van der Waals surface area contributed by atoms with E-state index in [0.717, 1.165) is 4.90 Å². The number of nitrogens with zero attached hydrogens (tertiary/aromatic N) is 1. The summed E-state index contributed by atoms with van der Waals surface area (Å²) in [7, 11) is 0. The van der Waals surface area contributed by atoms with Crippen molar-refractivity contribution >= 4 is 11.9 Å². The van der Waals surface area contributed by atoms with Gasteiger partial charge in [-0.3, -0.25) is 9.69 Å². The molecule has 0 saturated carbocycles. The van der Waals surface area contributed by atoms with Gasteiger partial charge in [0.15, 0.2) is 0 Å². The SMILES string of the molecule is CC1(C)NC(=O)N(C[C@@H](O)c2ccccc2F)C1=O. The molecule has 6 heteroatoms. The summed E-state index contributed by atoms with van der Waals surface area (Å²) >= 11 is 0. The highest BCUT2D eigenvalue weighted by atomic mass is 19.1. The van der Waals surface area contributed by atoms with E-state index in [1.807, 2.05) is 0 Å². The first-order valence-electron chi connectivity index (χ1n) is 5.89. The summed E-state index contributed by atoms with van der Waals surface area (Å²) in [5.41, 5.74) is -0.931. The molecule has 0 bridgehead atoms. The van der Waals surface area contributed by atoms with E-state index in [1.54, 1.807) is 19.9 Å². The fourth-order valence-electron chi connectivity index (χ4n) is 2.00. The Balaban J connectivity index is 2.16. The highest BCUT2D eigenvalue weighted by molar-refractivity contribution is 6.06. The Labute approximate surface area is 110 Å². The number of carbonyl (C=O) groups is 2. The van der Waals surface area contributed by atoms with E-state index in [2.05, 4.69) is 5.32 Å². The van der Waals surface area contributed by atoms with Gasteiger partial charge in [0.2, 0.25) is 0 Å². The first-order valence-corrected chi connectivity index (χ1v) is 5.89. The Morgan fingerprint density at radius 3 is 2.53 bits per heavy atom. The third-order valence-electron chi connectivity index (χ3n) is 3.06. The zero-order valence-electron chi connectivity index (χ0n) is 10.7. The van der Waals surface area contributed by atoms with E-state index in [0.29, 0.717) is 0 Å². The summed E-state index contributed by atoms with van der Waals surface area (Å²) in [5, 5.41) is 12.5. The second kappa shape index (κ2) is 4.62.